The van der Waals surface area contributed by atoms with Crippen molar-refractivity contribution in [2.75, 3.05) is 10.6 Å². The lowest BCUT2D eigenvalue weighted by atomic mass is 10.1. The first-order valence-electron chi connectivity index (χ1n) is 18.5. The fourth-order valence-corrected chi connectivity index (χ4v) is 6.32. The Hall–Kier alpha value is -6.48. The lowest BCUT2D eigenvalue weighted by molar-refractivity contribution is 0.562. The number of anilines is 2. The Labute approximate surface area is 341 Å². The van der Waals surface area contributed by atoms with E-state index in [4.69, 9.17) is 15.7 Å². The van der Waals surface area contributed by atoms with E-state index in [9.17, 15) is 4.55 Å². The Morgan fingerprint density at radius 1 is 0.724 bits per heavy atom. The minimum Gasteiger partial charge on any atom is -0.591 e. The van der Waals surface area contributed by atoms with Crippen LogP contribution in [-0.2, 0) is 24.5 Å². The maximum absolute atomic E-state index is 12.4. The highest BCUT2D eigenvalue weighted by Crippen LogP contribution is 2.27. The fourth-order valence-electron chi connectivity index (χ4n) is 5.79. The molecule has 6 aromatic heterocycles. The number of hydrogen-bond donors (Lipinski definition) is 3. The molecule has 0 radical (unpaired) electrons. The zero-order valence-corrected chi connectivity index (χ0v) is 33.0. The van der Waals surface area contributed by atoms with Gasteiger partial charge in [0, 0.05) is 72.7 Å². The van der Waals surface area contributed by atoms with E-state index in [0.29, 0.717) is 24.3 Å². The number of aromatic nitrogens is 8. The summed E-state index contributed by atoms with van der Waals surface area (Å²) >= 11 is -1.36. The molecule has 0 aliphatic heterocycles. The van der Waals surface area contributed by atoms with Crippen LogP contribution >= 0.6 is 0 Å². The summed E-state index contributed by atoms with van der Waals surface area (Å²) in [6.07, 6.45) is 12.3. The van der Waals surface area contributed by atoms with Gasteiger partial charge in [0.25, 0.3) is 0 Å². The van der Waals surface area contributed by atoms with Gasteiger partial charge < -0.3 is 20.9 Å². The molecule has 0 aliphatic rings. The molecule has 13 nitrogen and oxygen atoms in total. The Kier molecular flexibility index (Phi) is 13.2. The number of rotatable bonds is 11. The molecule has 0 saturated carbocycles. The summed E-state index contributed by atoms with van der Waals surface area (Å²) in [5, 5.41) is 15.9. The number of pyridine rings is 2. The van der Waals surface area contributed by atoms with Crippen LogP contribution in [0.2, 0.25) is 0 Å². The van der Waals surface area contributed by atoms with E-state index in [1.54, 1.807) is 35.5 Å². The molecule has 0 saturated heterocycles. The van der Waals surface area contributed by atoms with Crippen LogP contribution in [0.3, 0.4) is 0 Å². The SMILES string of the molecule is C.CC(C)(C)[S+]([O-])N=Cc1cnn2c(NCc3cccnc3)cc(-c3ccccc3)nc12.CC(N)c1cnn2c(NCc3cccnc3)cc(-c3ccccc3)nc12. The minimum atomic E-state index is -1.36. The van der Waals surface area contributed by atoms with E-state index in [0.717, 1.165) is 56.5 Å². The summed E-state index contributed by atoms with van der Waals surface area (Å²) in [5.41, 5.74) is 15.1. The minimum absolute atomic E-state index is 0. The van der Waals surface area contributed by atoms with Gasteiger partial charge in [-0.15, -0.1) is 0 Å². The van der Waals surface area contributed by atoms with Crippen molar-refractivity contribution in [3.63, 3.8) is 0 Å². The van der Waals surface area contributed by atoms with E-state index in [1.807, 2.05) is 142 Å². The molecule has 8 aromatic rings. The monoisotopic (exact) mass is 792 g/mol. The van der Waals surface area contributed by atoms with E-state index >= 15 is 0 Å². The van der Waals surface area contributed by atoms with Crippen molar-refractivity contribution in [3.8, 4) is 22.5 Å². The second-order valence-corrected chi connectivity index (χ2v) is 16.2. The van der Waals surface area contributed by atoms with E-state index in [-0.39, 0.29) is 13.5 Å². The molecule has 2 aromatic carbocycles. The van der Waals surface area contributed by atoms with Crippen LogP contribution in [0.5, 0.6) is 0 Å². The van der Waals surface area contributed by atoms with Gasteiger partial charge in [-0.1, -0.05) is 84.6 Å². The molecular formula is C44H48N12OS. The van der Waals surface area contributed by atoms with E-state index in [2.05, 4.69) is 35.2 Å². The Balaban J connectivity index is 0.000000195. The number of fused-ring (bicyclic) bond motifs is 2. The first-order chi connectivity index (χ1) is 27.6. The zero-order valence-electron chi connectivity index (χ0n) is 32.2. The molecule has 296 valence electrons. The summed E-state index contributed by atoms with van der Waals surface area (Å²) in [6, 6.07) is 31.8. The van der Waals surface area contributed by atoms with Gasteiger partial charge in [-0.25, -0.2) is 9.97 Å². The van der Waals surface area contributed by atoms with Crippen molar-refractivity contribution < 1.29 is 4.55 Å². The summed E-state index contributed by atoms with van der Waals surface area (Å²) in [5.74, 6) is 1.66. The van der Waals surface area contributed by atoms with Crippen LogP contribution < -0.4 is 16.4 Å². The lowest BCUT2D eigenvalue weighted by Gasteiger charge is -2.17. The molecule has 58 heavy (non-hydrogen) atoms. The van der Waals surface area contributed by atoms with Crippen molar-refractivity contribution in [1.82, 2.24) is 39.2 Å². The average Bonchev–Trinajstić information content (AvgIpc) is 3.87. The molecule has 0 fully saturated rings. The van der Waals surface area contributed by atoms with Crippen LogP contribution in [-0.4, -0.2) is 54.7 Å². The van der Waals surface area contributed by atoms with Gasteiger partial charge in [0.05, 0.1) is 35.6 Å². The van der Waals surface area contributed by atoms with Gasteiger partial charge in [0.15, 0.2) is 11.3 Å². The number of nitrogens with one attached hydrogen (secondary N) is 2. The maximum atomic E-state index is 12.4. The van der Waals surface area contributed by atoms with Crippen LogP contribution in [0.25, 0.3) is 33.8 Å². The van der Waals surface area contributed by atoms with Gasteiger partial charge in [0.1, 0.15) is 27.7 Å². The van der Waals surface area contributed by atoms with Gasteiger partial charge in [-0.3, -0.25) is 9.97 Å². The number of nitrogens with zero attached hydrogens (tertiary/aromatic N) is 9. The van der Waals surface area contributed by atoms with Crippen LogP contribution in [0.4, 0.5) is 11.6 Å². The molecule has 6 heterocycles. The van der Waals surface area contributed by atoms with Gasteiger partial charge >= 0.3 is 0 Å². The predicted octanol–water partition coefficient (Wildman–Crippen LogP) is 8.34. The van der Waals surface area contributed by atoms with Crippen LogP contribution in [0, 0.1) is 0 Å². The normalized spacial score (nSPS) is 12.4. The third kappa shape index (κ3) is 9.90. The van der Waals surface area contributed by atoms with Crippen molar-refractivity contribution in [3.05, 3.63) is 156 Å². The Morgan fingerprint density at radius 2 is 1.22 bits per heavy atom. The molecule has 2 atom stereocenters. The highest BCUT2D eigenvalue weighted by molar-refractivity contribution is 7.91. The van der Waals surface area contributed by atoms with Gasteiger partial charge in [-0.2, -0.15) is 19.2 Å². The van der Waals surface area contributed by atoms with E-state index < -0.39 is 16.1 Å². The van der Waals surface area contributed by atoms with Crippen LogP contribution in [0.1, 0.15) is 63.4 Å². The van der Waals surface area contributed by atoms with Gasteiger partial charge in [0.2, 0.25) is 0 Å². The Morgan fingerprint density at radius 3 is 1.71 bits per heavy atom. The molecule has 0 bridgehead atoms. The molecule has 0 aliphatic carbocycles. The fraction of sp³-hybridized carbons (Fsp3) is 0.205. The standard InChI is InChI=1S/C23H24N6OS.C20H20N6.CH4/c1-23(2,3)31(30)27-16-19-15-26-29-21(25-14-17-8-7-11-24-13-17)12-20(28-22(19)29)18-9-5-4-6-10-18;1-14(21)17-13-24-26-19(23-12-15-6-5-9-22-11-15)10-18(25-20(17)26)16-7-3-2-4-8-16;/h4-13,15-16,25H,14H2,1-3H3;2-11,13-14,23H,12,21H2,1H3;1H4. The zero-order chi connectivity index (χ0) is 39.8. The second kappa shape index (κ2) is 18.6. The van der Waals surface area contributed by atoms with Crippen molar-refractivity contribution >= 4 is 40.5 Å². The number of nitrogens with two attached hydrogens (primary N) is 1. The first-order valence-corrected chi connectivity index (χ1v) is 19.6. The van der Waals surface area contributed by atoms with E-state index in [1.165, 1.54) is 0 Å². The summed E-state index contributed by atoms with van der Waals surface area (Å²) in [7, 11) is 0. The third-order valence-electron chi connectivity index (χ3n) is 8.83. The largest absolute Gasteiger partial charge is 0.591 e. The molecule has 0 spiro atoms. The Bertz CT molecular complexity index is 2560. The highest BCUT2D eigenvalue weighted by atomic mass is 32.2. The van der Waals surface area contributed by atoms with Gasteiger partial charge in [-0.05, 0) is 51.0 Å². The van der Waals surface area contributed by atoms with Crippen molar-refractivity contribution in [2.24, 2.45) is 10.1 Å². The summed E-state index contributed by atoms with van der Waals surface area (Å²) in [4.78, 5) is 18.0. The number of benzene rings is 2. The average molecular weight is 793 g/mol. The number of hydrogen-bond acceptors (Lipinski definition) is 11. The molecule has 8 rings (SSSR count). The smallest absolute Gasteiger partial charge is 0.166 e. The molecule has 2 unspecified atom stereocenters. The molecular weight excluding hydrogens is 745 g/mol. The maximum Gasteiger partial charge on any atom is 0.166 e. The lowest BCUT2D eigenvalue weighted by Crippen LogP contribution is -2.25. The highest BCUT2D eigenvalue weighted by Gasteiger charge is 2.26. The van der Waals surface area contributed by atoms with Crippen molar-refractivity contribution in [1.29, 1.82) is 0 Å². The molecule has 14 heteroatoms. The summed E-state index contributed by atoms with van der Waals surface area (Å²) < 4.78 is 19.7. The third-order valence-corrected chi connectivity index (χ3v) is 10.2. The second-order valence-electron chi connectivity index (χ2n) is 14.3. The first kappa shape index (κ1) is 41.2. The topological polar surface area (TPSA) is 172 Å². The van der Waals surface area contributed by atoms with Crippen molar-refractivity contribution in [2.45, 2.75) is 59.0 Å². The predicted molar refractivity (Wildman–Crippen MR) is 235 cm³/mol. The quantitative estimate of drug-likeness (QED) is 0.0854. The molecule has 0 amide bonds. The summed E-state index contributed by atoms with van der Waals surface area (Å²) in [6.45, 7) is 8.86. The van der Waals surface area contributed by atoms with Crippen LogP contribution in [0.15, 0.2) is 139 Å². The molecule has 4 N–H and O–H groups in total.